The van der Waals surface area contributed by atoms with Gasteiger partial charge in [-0.15, -0.1) is 0 Å². The molecule has 0 aromatic rings. The Morgan fingerprint density at radius 2 is 1.83 bits per heavy atom. The van der Waals surface area contributed by atoms with E-state index in [1.54, 1.807) is 20.8 Å². The number of hydrogen-bond donors (Lipinski definition) is 2. The average Bonchev–Trinajstić information content (AvgIpc) is 3.19. The van der Waals surface area contributed by atoms with Gasteiger partial charge in [-0.3, -0.25) is 24.1 Å². The van der Waals surface area contributed by atoms with Crippen LogP contribution >= 0.6 is 0 Å². The Balaban J connectivity index is 2.10. The summed E-state index contributed by atoms with van der Waals surface area (Å²) in [4.78, 5) is 64.6. The molecule has 1 aliphatic carbocycles. The third-order valence-corrected chi connectivity index (χ3v) is 6.18. The SMILES string of the molecule is C=CCOC(=O)CNC(=O)C(=O)C(CCC)NC(=O)C1CC2CCCCC2N1C(=O)OC(C)(C)C. The van der Waals surface area contributed by atoms with Crippen molar-refractivity contribution < 1.29 is 33.4 Å². The van der Waals surface area contributed by atoms with Crippen LogP contribution < -0.4 is 10.6 Å². The molecule has 3 amide bonds. The molecule has 0 radical (unpaired) electrons. The van der Waals surface area contributed by atoms with Crippen molar-refractivity contribution in [3.8, 4) is 0 Å². The molecule has 2 N–H and O–H groups in total. The van der Waals surface area contributed by atoms with Crippen LogP contribution in [-0.4, -0.2) is 71.4 Å². The van der Waals surface area contributed by atoms with Gasteiger partial charge in [-0.1, -0.05) is 38.8 Å². The van der Waals surface area contributed by atoms with Gasteiger partial charge >= 0.3 is 12.1 Å². The van der Waals surface area contributed by atoms with Gasteiger partial charge in [0.2, 0.25) is 11.7 Å². The average molecular weight is 494 g/mol. The number of Topliss-reactive ketones (excluding diaryl/α,β-unsaturated/α-hetero) is 1. The van der Waals surface area contributed by atoms with Crippen LogP contribution in [-0.2, 0) is 28.7 Å². The van der Waals surface area contributed by atoms with Gasteiger partial charge in [0.1, 0.15) is 24.8 Å². The summed E-state index contributed by atoms with van der Waals surface area (Å²) in [7, 11) is 0. The van der Waals surface area contributed by atoms with Gasteiger partial charge < -0.3 is 20.1 Å². The third kappa shape index (κ3) is 8.07. The van der Waals surface area contributed by atoms with E-state index in [4.69, 9.17) is 9.47 Å². The predicted octanol–water partition coefficient (Wildman–Crippen LogP) is 2.25. The molecule has 1 aliphatic heterocycles. The molecule has 4 unspecified atom stereocenters. The highest BCUT2D eigenvalue weighted by Gasteiger charge is 2.49. The monoisotopic (exact) mass is 493 g/mol. The van der Waals surface area contributed by atoms with E-state index in [-0.39, 0.29) is 25.0 Å². The smallest absolute Gasteiger partial charge is 0.411 e. The summed E-state index contributed by atoms with van der Waals surface area (Å²) in [5.41, 5.74) is -0.712. The normalized spacial score (nSPS) is 22.4. The van der Waals surface area contributed by atoms with Crippen LogP contribution in [0.2, 0.25) is 0 Å². The van der Waals surface area contributed by atoms with Crippen molar-refractivity contribution in [3.63, 3.8) is 0 Å². The standard InChI is InChI=1S/C25H39N3O7/c1-6-10-17(21(30)23(32)26-15-20(29)34-13-7-2)27-22(31)19-14-16-11-8-9-12-18(16)28(19)24(33)35-25(3,4)5/h7,16-19H,2,6,8-15H2,1,3-5H3,(H,26,32)(H,27,31). The van der Waals surface area contributed by atoms with Crippen LogP contribution in [0.4, 0.5) is 4.79 Å². The second kappa shape index (κ2) is 12.7. The maximum atomic E-state index is 13.3. The van der Waals surface area contributed by atoms with E-state index in [9.17, 15) is 24.0 Å². The minimum Gasteiger partial charge on any atom is -0.460 e. The molecule has 2 fully saturated rings. The Kier molecular flexibility index (Phi) is 10.3. The molecule has 4 atom stereocenters. The highest BCUT2D eigenvalue weighted by atomic mass is 16.6. The van der Waals surface area contributed by atoms with E-state index in [0.717, 1.165) is 25.7 Å². The lowest BCUT2D eigenvalue weighted by Crippen LogP contribution is -2.55. The quantitative estimate of drug-likeness (QED) is 0.271. The Labute approximate surface area is 207 Å². The molecule has 1 saturated heterocycles. The zero-order valence-electron chi connectivity index (χ0n) is 21.3. The van der Waals surface area contributed by atoms with Gasteiger partial charge in [-0.25, -0.2) is 4.79 Å². The minimum atomic E-state index is -1.07. The number of amides is 3. The van der Waals surface area contributed by atoms with E-state index in [2.05, 4.69) is 17.2 Å². The second-order valence-electron chi connectivity index (χ2n) is 10.1. The van der Waals surface area contributed by atoms with Gasteiger partial charge in [-0.05, 0) is 52.4 Å². The van der Waals surface area contributed by atoms with E-state index < -0.39 is 53.9 Å². The number of fused-ring (bicyclic) bond motifs is 1. The number of nitrogens with zero attached hydrogens (tertiary/aromatic N) is 1. The lowest BCUT2D eigenvalue weighted by Gasteiger charge is -2.35. The molecule has 196 valence electrons. The van der Waals surface area contributed by atoms with Crippen molar-refractivity contribution >= 4 is 29.7 Å². The number of likely N-dealkylation sites (tertiary alicyclic amines) is 1. The topological polar surface area (TPSA) is 131 Å². The van der Waals surface area contributed by atoms with Crippen molar-refractivity contribution in [2.45, 2.75) is 96.4 Å². The summed E-state index contributed by atoms with van der Waals surface area (Å²) in [6.07, 6.45) is 5.86. The largest absolute Gasteiger partial charge is 0.460 e. The number of ketones is 1. The molecule has 35 heavy (non-hydrogen) atoms. The van der Waals surface area contributed by atoms with Crippen molar-refractivity contribution in [2.75, 3.05) is 13.2 Å². The van der Waals surface area contributed by atoms with Gasteiger partial charge in [0.15, 0.2) is 0 Å². The van der Waals surface area contributed by atoms with E-state index in [1.165, 1.54) is 11.0 Å². The minimum absolute atomic E-state index is 0.00527. The number of nitrogens with one attached hydrogen (secondary N) is 2. The molecule has 0 spiro atoms. The van der Waals surface area contributed by atoms with Crippen molar-refractivity contribution in [2.24, 2.45) is 5.92 Å². The predicted molar refractivity (Wildman–Crippen MR) is 128 cm³/mol. The van der Waals surface area contributed by atoms with E-state index in [1.807, 2.05) is 6.92 Å². The van der Waals surface area contributed by atoms with Crippen LogP contribution in [0.1, 0.15) is 72.6 Å². The molecule has 2 rings (SSSR count). The number of hydrogen-bond acceptors (Lipinski definition) is 7. The maximum absolute atomic E-state index is 13.3. The van der Waals surface area contributed by atoms with E-state index >= 15 is 0 Å². The molecule has 0 bridgehead atoms. The highest BCUT2D eigenvalue weighted by molar-refractivity contribution is 6.38. The Bertz CT molecular complexity index is 820. The van der Waals surface area contributed by atoms with Gasteiger partial charge in [0, 0.05) is 6.04 Å². The fourth-order valence-corrected chi connectivity index (χ4v) is 4.70. The van der Waals surface area contributed by atoms with Crippen molar-refractivity contribution in [1.29, 1.82) is 0 Å². The summed E-state index contributed by atoms with van der Waals surface area (Å²) in [6, 6.07) is -1.93. The number of ether oxygens (including phenoxy) is 2. The fraction of sp³-hybridized carbons (Fsp3) is 0.720. The summed E-state index contributed by atoms with van der Waals surface area (Å²) in [5, 5.41) is 4.92. The van der Waals surface area contributed by atoms with Crippen molar-refractivity contribution in [3.05, 3.63) is 12.7 Å². The summed E-state index contributed by atoms with van der Waals surface area (Å²) in [5.74, 6) is -2.82. The first-order valence-corrected chi connectivity index (χ1v) is 12.4. The first kappa shape index (κ1) is 28.3. The van der Waals surface area contributed by atoms with Gasteiger partial charge in [0.25, 0.3) is 5.91 Å². The summed E-state index contributed by atoms with van der Waals surface area (Å²) < 4.78 is 10.4. The maximum Gasteiger partial charge on any atom is 0.411 e. The number of esters is 1. The molecule has 10 nitrogen and oxygen atoms in total. The number of carbonyl (C=O) groups excluding carboxylic acids is 5. The Morgan fingerprint density at radius 3 is 2.46 bits per heavy atom. The molecular formula is C25H39N3O7. The Hall–Kier alpha value is -2.91. The molecule has 1 heterocycles. The van der Waals surface area contributed by atoms with Gasteiger partial charge in [0.05, 0.1) is 6.04 Å². The first-order valence-electron chi connectivity index (χ1n) is 12.4. The van der Waals surface area contributed by atoms with E-state index in [0.29, 0.717) is 12.8 Å². The highest BCUT2D eigenvalue weighted by Crippen LogP contribution is 2.40. The molecule has 2 aliphatic rings. The van der Waals surface area contributed by atoms with Crippen LogP contribution in [0.15, 0.2) is 12.7 Å². The lowest BCUT2D eigenvalue weighted by atomic mass is 9.85. The van der Waals surface area contributed by atoms with Crippen LogP contribution in [0.3, 0.4) is 0 Å². The summed E-state index contributed by atoms with van der Waals surface area (Å²) in [6.45, 7) is 10.1. The number of carbonyl (C=O) groups is 5. The Morgan fingerprint density at radius 1 is 1.14 bits per heavy atom. The summed E-state index contributed by atoms with van der Waals surface area (Å²) >= 11 is 0. The molecule has 0 aromatic heterocycles. The number of rotatable bonds is 10. The van der Waals surface area contributed by atoms with Gasteiger partial charge in [-0.2, -0.15) is 0 Å². The molecule has 10 heteroatoms. The zero-order valence-corrected chi connectivity index (χ0v) is 21.3. The van der Waals surface area contributed by atoms with Crippen LogP contribution in [0, 0.1) is 5.92 Å². The third-order valence-electron chi connectivity index (χ3n) is 6.18. The zero-order chi connectivity index (χ0) is 26.2. The molecule has 1 saturated carbocycles. The lowest BCUT2D eigenvalue weighted by molar-refractivity contribution is -0.145. The van der Waals surface area contributed by atoms with Crippen LogP contribution in [0.5, 0.6) is 0 Å². The molecule has 0 aromatic carbocycles. The van der Waals surface area contributed by atoms with Crippen molar-refractivity contribution in [1.82, 2.24) is 15.5 Å². The van der Waals surface area contributed by atoms with Crippen LogP contribution in [0.25, 0.3) is 0 Å². The first-order chi connectivity index (χ1) is 16.5. The fourth-order valence-electron chi connectivity index (χ4n) is 4.70. The second-order valence-corrected chi connectivity index (χ2v) is 10.1. The molecular weight excluding hydrogens is 454 g/mol.